The van der Waals surface area contributed by atoms with Gasteiger partial charge in [0.1, 0.15) is 11.5 Å². The maximum atomic E-state index is 12.5. The molecule has 0 spiro atoms. The van der Waals surface area contributed by atoms with Crippen LogP contribution in [0.15, 0.2) is 42.4 Å². The molecule has 0 N–H and O–H groups in total. The summed E-state index contributed by atoms with van der Waals surface area (Å²) in [6, 6.07) is 6.83. The van der Waals surface area contributed by atoms with Gasteiger partial charge in [-0.25, -0.2) is 0 Å². The first kappa shape index (κ1) is 15.9. The van der Waals surface area contributed by atoms with Gasteiger partial charge in [-0.3, -0.25) is 14.6 Å². The van der Waals surface area contributed by atoms with Crippen molar-refractivity contribution in [1.82, 2.24) is 4.98 Å². The van der Waals surface area contributed by atoms with Crippen LogP contribution in [-0.4, -0.2) is 16.7 Å². The largest absolute Gasteiger partial charge is 0.452 e. The highest BCUT2D eigenvalue weighted by Crippen LogP contribution is 2.39. The molecule has 2 heterocycles. The van der Waals surface area contributed by atoms with Gasteiger partial charge in [-0.15, -0.1) is 0 Å². The quantitative estimate of drug-likeness (QED) is 0.491. The van der Waals surface area contributed by atoms with E-state index < -0.39 is 0 Å². The first-order valence-corrected chi connectivity index (χ1v) is 7.67. The summed E-state index contributed by atoms with van der Waals surface area (Å²) in [5, 5.41) is 0. The summed E-state index contributed by atoms with van der Waals surface area (Å²) in [6.07, 6.45) is 4.96. The topological polar surface area (TPSA) is 65.5 Å². The molecule has 0 unspecified atom stereocenters. The molecule has 1 aromatic heterocycles. The monoisotopic (exact) mass is 323 g/mol. The fourth-order valence-corrected chi connectivity index (χ4v) is 2.32. The first-order chi connectivity index (χ1) is 11.5. The van der Waals surface area contributed by atoms with Crippen LogP contribution in [0.5, 0.6) is 11.5 Å². The molecule has 1 aromatic carbocycles. The second-order valence-electron chi connectivity index (χ2n) is 5.86. The summed E-state index contributed by atoms with van der Waals surface area (Å²) in [5.74, 6) is 0.343. The van der Waals surface area contributed by atoms with Crippen LogP contribution in [-0.2, 0) is 4.79 Å². The number of carbonyl (C=O) groups excluding carboxylic acids is 2. The number of pyridine rings is 1. The molecule has 1 aliphatic rings. The molecule has 5 heteroatoms. The van der Waals surface area contributed by atoms with Gasteiger partial charge >= 0.3 is 5.97 Å². The number of hydrogen-bond acceptors (Lipinski definition) is 5. The van der Waals surface area contributed by atoms with Crippen molar-refractivity contribution in [2.75, 3.05) is 0 Å². The summed E-state index contributed by atoms with van der Waals surface area (Å²) in [7, 11) is 0. The van der Waals surface area contributed by atoms with E-state index in [9.17, 15) is 9.59 Å². The lowest BCUT2D eigenvalue weighted by molar-refractivity contribution is -0.137. The number of ketones is 1. The zero-order valence-electron chi connectivity index (χ0n) is 13.7. The zero-order valence-corrected chi connectivity index (χ0v) is 13.7. The lowest BCUT2D eigenvalue weighted by Gasteiger charge is -2.11. The minimum absolute atomic E-state index is 0.188. The molecule has 24 heavy (non-hydrogen) atoms. The van der Waals surface area contributed by atoms with Crippen molar-refractivity contribution in [3.63, 3.8) is 0 Å². The molecule has 122 valence electrons. The third-order valence-electron chi connectivity index (χ3n) is 3.72. The second kappa shape index (κ2) is 6.28. The number of fused-ring (bicyclic) bond motifs is 1. The Bertz CT molecular complexity index is 838. The Hall–Kier alpha value is -2.95. The lowest BCUT2D eigenvalue weighted by Crippen LogP contribution is -2.15. The Morgan fingerprint density at radius 2 is 1.92 bits per heavy atom. The van der Waals surface area contributed by atoms with E-state index in [1.165, 1.54) is 0 Å². The van der Waals surface area contributed by atoms with E-state index in [0.29, 0.717) is 22.6 Å². The number of carbonyl (C=O) groups is 2. The minimum atomic E-state index is -0.324. The van der Waals surface area contributed by atoms with Gasteiger partial charge in [-0.05, 0) is 42.8 Å². The van der Waals surface area contributed by atoms with Gasteiger partial charge < -0.3 is 9.47 Å². The van der Waals surface area contributed by atoms with Crippen LogP contribution < -0.4 is 9.47 Å². The number of aromatic nitrogens is 1. The van der Waals surface area contributed by atoms with E-state index in [4.69, 9.17) is 9.47 Å². The van der Waals surface area contributed by atoms with Crippen molar-refractivity contribution >= 4 is 17.8 Å². The normalized spacial score (nSPS) is 14.7. The average molecular weight is 323 g/mol. The molecular formula is C19H17NO4. The SMILES string of the molecule is Cc1c(OC(=O)C(C)C)ccc2c1O/C(=C\c1ccncc1)C2=O. The molecule has 0 bridgehead atoms. The highest BCUT2D eigenvalue weighted by atomic mass is 16.5. The predicted octanol–water partition coefficient (Wildman–Crippen LogP) is 3.57. The van der Waals surface area contributed by atoms with Gasteiger partial charge in [-0.2, -0.15) is 0 Å². The third-order valence-corrected chi connectivity index (χ3v) is 3.72. The number of benzene rings is 1. The van der Waals surface area contributed by atoms with Crippen LogP contribution in [0.1, 0.15) is 35.3 Å². The van der Waals surface area contributed by atoms with Crippen LogP contribution >= 0.6 is 0 Å². The standard InChI is InChI=1S/C19H17NO4/c1-11(2)19(22)24-15-5-4-14-17(21)16(23-18(14)12(15)3)10-13-6-8-20-9-7-13/h4-11H,1-3H3/b16-10-. The molecule has 0 fully saturated rings. The van der Waals surface area contributed by atoms with Crippen LogP contribution in [0.3, 0.4) is 0 Å². The lowest BCUT2D eigenvalue weighted by atomic mass is 10.1. The number of Topliss-reactive ketones (excluding diaryl/α,β-unsaturated/α-hetero) is 1. The smallest absolute Gasteiger partial charge is 0.313 e. The Morgan fingerprint density at radius 3 is 2.58 bits per heavy atom. The van der Waals surface area contributed by atoms with E-state index in [1.54, 1.807) is 63.5 Å². The third kappa shape index (κ3) is 2.93. The number of rotatable bonds is 3. The number of hydrogen-bond donors (Lipinski definition) is 0. The highest BCUT2D eigenvalue weighted by molar-refractivity contribution is 6.15. The van der Waals surface area contributed by atoms with Crippen LogP contribution in [0, 0.1) is 12.8 Å². The Labute approximate surface area is 139 Å². The molecule has 0 amide bonds. The molecular weight excluding hydrogens is 306 g/mol. The van der Waals surface area contributed by atoms with Crippen molar-refractivity contribution in [2.45, 2.75) is 20.8 Å². The average Bonchev–Trinajstić information content (AvgIpc) is 2.88. The van der Waals surface area contributed by atoms with Crippen molar-refractivity contribution < 1.29 is 19.1 Å². The molecule has 0 atom stereocenters. The fourth-order valence-electron chi connectivity index (χ4n) is 2.32. The van der Waals surface area contributed by atoms with Gasteiger partial charge in [0.15, 0.2) is 5.76 Å². The minimum Gasteiger partial charge on any atom is -0.452 e. The molecule has 1 aliphatic heterocycles. The fraction of sp³-hybridized carbons (Fsp3) is 0.211. The van der Waals surface area contributed by atoms with Gasteiger partial charge in [0.25, 0.3) is 0 Å². The Balaban J connectivity index is 1.93. The number of nitrogens with zero attached hydrogens (tertiary/aromatic N) is 1. The predicted molar refractivity (Wildman–Crippen MR) is 88.8 cm³/mol. The maximum absolute atomic E-state index is 12.5. The first-order valence-electron chi connectivity index (χ1n) is 7.67. The molecule has 0 saturated heterocycles. The zero-order chi connectivity index (χ0) is 17.3. The van der Waals surface area contributed by atoms with Crippen molar-refractivity contribution in [3.8, 4) is 11.5 Å². The van der Waals surface area contributed by atoms with E-state index >= 15 is 0 Å². The van der Waals surface area contributed by atoms with Crippen molar-refractivity contribution in [2.24, 2.45) is 5.92 Å². The van der Waals surface area contributed by atoms with E-state index in [0.717, 1.165) is 5.56 Å². The van der Waals surface area contributed by atoms with Crippen LogP contribution in [0.25, 0.3) is 6.08 Å². The number of esters is 1. The second-order valence-corrected chi connectivity index (χ2v) is 5.86. The van der Waals surface area contributed by atoms with Crippen LogP contribution in [0.2, 0.25) is 0 Å². The summed E-state index contributed by atoms with van der Waals surface area (Å²) >= 11 is 0. The Kier molecular flexibility index (Phi) is 4.16. The number of ether oxygens (including phenoxy) is 2. The molecule has 0 saturated carbocycles. The molecule has 3 rings (SSSR count). The van der Waals surface area contributed by atoms with Gasteiger partial charge in [0.05, 0.1) is 11.5 Å². The van der Waals surface area contributed by atoms with E-state index in [2.05, 4.69) is 4.98 Å². The van der Waals surface area contributed by atoms with E-state index in [1.807, 2.05) is 0 Å². The summed E-state index contributed by atoms with van der Waals surface area (Å²) in [6.45, 7) is 5.30. The number of allylic oxidation sites excluding steroid dienone is 1. The van der Waals surface area contributed by atoms with E-state index in [-0.39, 0.29) is 23.4 Å². The highest BCUT2D eigenvalue weighted by Gasteiger charge is 2.30. The maximum Gasteiger partial charge on any atom is 0.313 e. The van der Waals surface area contributed by atoms with Gasteiger partial charge in [-0.1, -0.05) is 13.8 Å². The summed E-state index contributed by atoms with van der Waals surface area (Å²) in [5.41, 5.74) is 1.93. The molecule has 5 nitrogen and oxygen atoms in total. The summed E-state index contributed by atoms with van der Waals surface area (Å²) < 4.78 is 11.1. The summed E-state index contributed by atoms with van der Waals surface area (Å²) in [4.78, 5) is 28.2. The molecule has 0 aliphatic carbocycles. The van der Waals surface area contributed by atoms with Gasteiger partial charge in [0.2, 0.25) is 5.78 Å². The van der Waals surface area contributed by atoms with Crippen molar-refractivity contribution in [3.05, 3.63) is 59.1 Å². The van der Waals surface area contributed by atoms with Gasteiger partial charge in [0, 0.05) is 18.0 Å². The van der Waals surface area contributed by atoms with Crippen molar-refractivity contribution in [1.29, 1.82) is 0 Å². The van der Waals surface area contributed by atoms with Crippen LogP contribution in [0.4, 0.5) is 0 Å². The molecule has 2 aromatic rings. The Morgan fingerprint density at radius 1 is 1.21 bits per heavy atom. The molecule has 0 radical (unpaired) electrons.